The lowest BCUT2D eigenvalue weighted by molar-refractivity contribution is -0.0339. The van der Waals surface area contributed by atoms with Gasteiger partial charge >= 0.3 is 0 Å². The second-order valence-corrected chi connectivity index (χ2v) is 9.18. The van der Waals surface area contributed by atoms with E-state index >= 15 is 0 Å². The first-order chi connectivity index (χ1) is 10.9. The Hall–Kier alpha value is -0.600. The highest BCUT2D eigenvalue weighted by molar-refractivity contribution is 5.31. The Morgan fingerprint density at radius 2 is 1.78 bits per heavy atom. The fraction of sp³-hybridized carbons (Fsp3) is 0.810. The first-order valence-corrected chi connectivity index (χ1v) is 9.62. The quantitative estimate of drug-likeness (QED) is 0.711. The maximum atomic E-state index is 10.2. The molecule has 0 aromatic carbocycles. The molecule has 128 valence electrons. The van der Waals surface area contributed by atoms with Crippen LogP contribution < -0.4 is 0 Å². The molecule has 0 saturated heterocycles. The van der Waals surface area contributed by atoms with Gasteiger partial charge in [0, 0.05) is 0 Å². The smallest absolute Gasteiger partial charge is 0.0727 e. The average Bonchev–Trinajstić information content (AvgIpc) is 2.85. The number of rotatable bonds is 1. The third-order valence-corrected chi connectivity index (χ3v) is 8.17. The molecule has 0 unspecified atom stereocenters. The van der Waals surface area contributed by atoms with Crippen molar-refractivity contribution in [1.29, 1.82) is 0 Å². The standard InChI is InChI=1S/C21H32O2/c1-13(22)17-6-7-18-16-5-4-14-12-15(23)8-10-20(14,2)19(16)9-11-21(17,18)3/h4,6,13,15-16,18-19,22-23H,5,7-12H2,1-3H3/t13-,15-,16-,18-,19-,20-,21+/m0/s1. The van der Waals surface area contributed by atoms with E-state index in [4.69, 9.17) is 0 Å². The summed E-state index contributed by atoms with van der Waals surface area (Å²) in [5.74, 6) is 2.23. The summed E-state index contributed by atoms with van der Waals surface area (Å²) < 4.78 is 0. The van der Waals surface area contributed by atoms with Gasteiger partial charge in [-0.05, 0) is 86.0 Å². The Balaban J connectivity index is 1.66. The predicted octanol–water partition coefficient (Wildman–Crippen LogP) is 4.23. The molecule has 2 nitrogen and oxygen atoms in total. The highest BCUT2D eigenvalue weighted by atomic mass is 16.3. The van der Waals surface area contributed by atoms with Crippen molar-refractivity contribution in [3.05, 3.63) is 23.3 Å². The maximum absolute atomic E-state index is 10.2. The summed E-state index contributed by atoms with van der Waals surface area (Å²) >= 11 is 0. The van der Waals surface area contributed by atoms with E-state index in [1.54, 1.807) is 5.57 Å². The Bertz CT molecular complexity index is 560. The van der Waals surface area contributed by atoms with E-state index in [1.807, 2.05) is 6.92 Å². The summed E-state index contributed by atoms with van der Waals surface area (Å²) in [6, 6.07) is 0. The van der Waals surface area contributed by atoms with Gasteiger partial charge in [0.2, 0.25) is 0 Å². The lowest BCUT2D eigenvalue weighted by atomic mass is 9.47. The first-order valence-electron chi connectivity index (χ1n) is 9.62. The Morgan fingerprint density at radius 3 is 2.52 bits per heavy atom. The SMILES string of the molecule is C[C@H](O)C1=CC[C@H]2[C@@H]3CC=C4C[C@@H](O)CC[C@]4(C)[C@H]3CC[C@]12C. The van der Waals surface area contributed by atoms with E-state index in [0.717, 1.165) is 37.5 Å². The van der Waals surface area contributed by atoms with Gasteiger partial charge in [-0.2, -0.15) is 0 Å². The largest absolute Gasteiger partial charge is 0.393 e. The molecule has 0 spiro atoms. The number of aliphatic hydroxyl groups excluding tert-OH is 2. The van der Waals surface area contributed by atoms with Gasteiger partial charge < -0.3 is 10.2 Å². The zero-order chi connectivity index (χ0) is 16.4. The van der Waals surface area contributed by atoms with Crippen LogP contribution in [-0.2, 0) is 0 Å². The van der Waals surface area contributed by atoms with Gasteiger partial charge in [0.15, 0.2) is 0 Å². The molecule has 0 aromatic heterocycles. The minimum absolute atomic E-state index is 0.116. The molecule has 0 aliphatic heterocycles. The Morgan fingerprint density at radius 1 is 1.04 bits per heavy atom. The fourth-order valence-electron chi connectivity index (χ4n) is 6.89. The third-order valence-electron chi connectivity index (χ3n) is 8.17. The van der Waals surface area contributed by atoms with Gasteiger partial charge in [-0.15, -0.1) is 0 Å². The van der Waals surface area contributed by atoms with E-state index < -0.39 is 0 Å². The van der Waals surface area contributed by atoms with Crippen molar-refractivity contribution in [3.63, 3.8) is 0 Å². The van der Waals surface area contributed by atoms with Crippen molar-refractivity contribution in [2.45, 2.75) is 77.9 Å². The number of fused-ring (bicyclic) bond motifs is 5. The van der Waals surface area contributed by atoms with Crippen LogP contribution in [0.2, 0.25) is 0 Å². The highest BCUT2D eigenvalue weighted by Crippen LogP contribution is 2.65. The van der Waals surface area contributed by atoms with Crippen LogP contribution in [0.1, 0.15) is 65.7 Å². The normalized spacial score (nSPS) is 50.3. The molecule has 2 heteroatoms. The molecule has 2 saturated carbocycles. The molecule has 0 aromatic rings. The van der Waals surface area contributed by atoms with Gasteiger partial charge in [0.25, 0.3) is 0 Å². The molecule has 0 radical (unpaired) electrons. The summed E-state index contributed by atoms with van der Waals surface area (Å²) in [4.78, 5) is 0. The molecule has 23 heavy (non-hydrogen) atoms. The summed E-state index contributed by atoms with van der Waals surface area (Å²) in [6.07, 6.45) is 12.3. The van der Waals surface area contributed by atoms with Crippen molar-refractivity contribution in [1.82, 2.24) is 0 Å². The van der Waals surface area contributed by atoms with Crippen molar-refractivity contribution in [3.8, 4) is 0 Å². The summed E-state index contributed by atoms with van der Waals surface area (Å²) in [7, 11) is 0. The first kappa shape index (κ1) is 15.9. The highest BCUT2D eigenvalue weighted by Gasteiger charge is 2.56. The fourth-order valence-corrected chi connectivity index (χ4v) is 6.89. The monoisotopic (exact) mass is 316 g/mol. The molecule has 0 amide bonds. The Kier molecular flexibility index (Phi) is 3.59. The van der Waals surface area contributed by atoms with Gasteiger partial charge in [-0.25, -0.2) is 0 Å². The molecule has 0 bridgehead atoms. The van der Waals surface area contributed by atoms with Crippen LogP contribution in [0.5, 0.6) is 0 Å². The van der Waals surface area contributed by atoms with Crippen molar-refractivity contribution < 1.29 is 10.2 Å². The molecule has 2 N–H and O–H groups in total. The summed E-state index contributed by atoms with van der Waals surface area (Å²) in [6.45, 7) is 6.82. The van der Waals surface area contributed by atoms with Crippen LogP contribution in [0.25, 0.3) is 0 Å². The van der Waals surface area contributed by atoms with Gasteiger partial charge in [0.05, 0.1) is 12.2 Å². The molecule has 2 fully saturated rings. The maximum Gasteiger partial charge on any atom is 0.0727 e. The Labute approximate surface area is 140 Å². The molecular weight excluding hydrogens is 284 g/mol. The predicted molar refractivity (Wildman–Crippen MR) is 92.9 cm³/mol. The van der Waals surface area contributed by atoms with Crippen LogP contribution in [-0.4, -0.2) is 22.4 Å². The van der Waals surface area contributed by atoms with Crippen LogP contribution in [0, 0.1) is 28.6 Å². The van der Waals surface area contributed by atoms with Gasteiger partial charge in [-0.3, -0.25) is 0 Å². The van der Waals surface area contributed by atoms with Crippen molar-refractivity contribution >= 4 is 0 Å². The number of allylic oxidation sites excluding steroid dienone is 2. The molecule has 4 rings (SSSR count). The molecule has 0 heterocycles. The summed E-state index contributed by atoms with van der Waals surface area (Å²) in [5, 5.41) is 20.3. The van der Waals surface area contributed by atoms with E-state index in [1.165, 1.54) is 24.8 Å². The van der Waals surface area contributed by atoms with Crippen molar-refractivity contribution in [2.75, 3.05) is 0 Å². The van der Waals surface area contributed by atoms with Crippen LogP contribution >= 0.6 is 0 Å². The van der Waals surface area contributed by atoms with Crippen molar-refractivity contribution in [2.24, 2.45) is 28.6 Å². The lowest BCUT2D eigenvalue weighted by Crippen LogP contribution is -2.50. The number of hydrogen-bond donors (Lipinski definition) is 2. The van der Waals surface area contributed by atoms with E-state index in [9.17, 15) is 10.2 Å². The second kappa shape index (κ2) is 5.20. The molecule has 7 atom stereocenters. The lowest BCUT2D eigenvalue weighted by Gasteiger charge is -2.58. The minimum atomic E-state index is -0.295. The average molecular weight is 316 g/mol. The number of aliphatic hydroxyl groups is 2. The van der Waals surface area contributed by atoms with E-state index in [-0.39, 0.29) is 17.6 Å². The topological polar surface area (TPSA) is 40.5 Å². The molecule has 4 aliphatic carbocycles. The van der Waals surface area contributed by atoms with E-state index in [0.29, 0.717) is 11.3 Å². The van der Waals surface area contributed by atoms with Crippen LogP contribution in [0.15, 0.2) is 23.3 Å². The zero-order valence-corrected chi connectivity index (χ0v) is 14.9. The molecular formula is C21H32O2. The molecule has 4 aliphatic rings. The second-order valence-electron chi connectivity index (χ2n) is 9.18. The van der Waals surface area contributed by atoms with Crippen LogP contribution in [0.4, 0.5) is 0 Å². The minimum Gasteiger partial charge on any atom is -0.393 e. The zero-order valence-electron chi connectivity index (χ0n) is 14.9. The number of hydrogen-bond acceptors (Lipinski definition) is 2. The van der Waals surface area contributed by atoms with Gasteiger partial charge in [-0.1, -0.05) is 31.6 Å². The van der Waals surface area contributed by atoms with E-state index in [2.05, 4.69) is 26.0 Å². The van der Waals surface area contributed by atoms with Gasteiger partial charge in [0.1, 0.15) is 0 Å². The summed E-state index contributed by atoms with van der Waals surface area (Å²) in [5.41, 5.74) is 3.38. The van der Waals surface area contributed by atoms with Crippen LogP contribution in [0.3, 0.4) is 0 Å². The third kappa shape index (κ3) is 2.14.